The van der Waals surface area contributed by atoms with E-state index in [-0.39, 0.29) is 0 Å². The van der Waals surface area contributed by atoms with Gasteiger partial charge >= 0.3 is 0 Å². The fourth-order valence-corrected chi connectivity index (χ4v) is 2.17. The third-order valence-electron chi connectivity index (χ3n) is 2.39. The molecule has 0 amide bonds. The lowest BCUT2D eigenvalue weighted by Gasteiger charge is -2.03. The molecule has 0 aromatic carbocycles. The van der Waals surface area contributed by atoms with Crippen molar-refractivity contribution >= 4 is 11.3 Å². The van der Waals surface area contributed by atoms with Gasteiger partial charge in [0.2, 0.25) is 0 Å². The molecule has 2 aromatic heterocycles. The first-order chi connectivity index (χ1) is 7.75. The van der Waals surface area contributed by atoms with Crippen LogP contribution in [0.15, 0.2) is 29.9 Å². The van der Waals surface area contributed by atoms with Crippen molar-refractivity contribution in [3.63, 3.8) is 0 Å². The van der Waals surface area contributed by atoms with E-state index in [1.807, 2.05) is 10.9 Å². The predicted octanol–water partition coefficient (Wildman–Crippen LogP) is 2.82. The normalized spacial score (nSPS) is 11.2. The smallest absolute Gasteiger partial charge is 0.0534 e. The summed E-state index contributed by atoms with van der Waals surface area (Å²) in [5.41, 5.74) is 1.24. The van der Waals surface area contributed by atoms with Gasteiger partial charge in [-0.1, -0.05) is 6.07 Å². The molecule has 0 aliphatic carbocycles. The van der Waals surface area contributed by atoms with E-state index in [4.69, 9.17) is 0 Å². The third-order valence-corrected chi connectivity index (χ3v) is 3.27. The quantitative estimate of drug-likeness (QED) is 0.863. The Morgan fingerprint density at radius 1 is 1.44 bits per heavy atom. The fourth-order valence-electron chi connectivity index (χ4n) is 1.49. The monoisotopic (exact) mass is 235 g/mol. The lowest BCUT2D eigenvalue weighted by molar-refractivity contribution is 0.531. The summed E-state index contributed by atoms with van der Waals surface area (Å²) in [5.74, 6) is 0. The molecule has 0 fully saturated rings. The summed E-state index contributed by atoms with van der Waals surface area (Å²) < 4.78 is 1.99. The lowest BCUT2D eigenvalue weighted by atomic mass is 10.3. The Kier molecular flexibility index (Phi) is 3.74. The van der Waals surface area contributed by atoms with E-state index in [1.165, 1.54) is 10.4 Å². The molecule has 4 heteroatoms. The van der Waals surface area contributed by atoms with Gasteiger partial charge in [-0.2, -0.15) is 5.10 Å². The van der Waals surface area contributed by atoms with Crippen molar-refractivity contribution in [2.24, 2.45) is 0 Å². The van der Waals surface area contributed by atoms with E-state index in [1.54, 1.807) is 11.3 Å². The summed E-state index contributed by atoms with van der Waals surface area (Å²) in [7, 11) is 0. The minimum atomic E-state index is 0.436. The van der Waals surface area contributed by atoms with E-state index < -0.39 is 0 Å². The Hall–Kier alpha value is -1.13. The van der Waals surface area contributed by atoms with Crippen LogP contribution in [0, 0.1) is 0 Å². The summed E-state index contributed by atoms with van der Waals surface area (Å²) >= 11 is 1.78. The Morgan fingerprint density at radius 2 is 2.31 bits per heavy atom. The van der Waals surface area contributed by atoms with Crippen molar-refractivity contribution in [3.05, 3.63) is 40.3 Å². The van der Waals surface area contributed by atoms with Crippen LogP contribution in [0.25, 0.3) is 0 Å². The molecule has 3 nitrogen and oxygen atoms in total. The lowest BCUT2D eigenvalue weighted by Crippen LogP contribution is -2.11. The second kappa shape index (κ2) is 5.27. The van der Waals surface area contributed by atoms with Gasteiger partial charge in [0.05, 0.1) is 6.20 Å². The van der Waals surface area contributed by atoms with Gasteiger partial charge < -0.3 is 5.32 Å². The van der Waals surface area contributed by atoms with Crippen LogP contribution in [0.3, 0.4) is 0 Å². The highest BCUT2D eigenvalue weighted by Crippen LogP contribution is 2.08. The Morgan fingerprint density at radius 3 is 2.94 bits per heavy atom. The van der Waals surface area contributed by atoms with Gasteiger partial charge in [0.15, 0.2) is 0 Å². The highest BCUT2D eigenvalue weighted by atomic mass is 32.1. The summed E-state index contributed by atoms with van der Waals surface area (Å²) in [4.78, 5) is 1.37. The highest BCUT2D eigenvalue weighted by Gasteiger charge is 2.01. The molecule has 86 valence electrons. The minimum absolute atomic E-state index is 0.436. The van der Waals surface area contributed by atoms with Gasteiger partial charge in [0.25, 0.3) is 0 Å². The first kappa shape index (κ1) is 11.4. The Balaban J connectivity index is 1.81. The first-order valence-electron chi connectivity index (χ1n) is 5.52. The van der Waals surface area contributed by atoms with Crippen LogP contribution in [-0.4, -0.2) is 9.78 Å². The van der Waals surface area contributed by atoms with Gasteiger partial charge in [0.1, 0.15) is 0 Å². The number of thiophene rings is 1. The standard InChI is InChI=1S/C12H17N3S/c1-10(2)15-9-11(7-14-15)6-13-8-12-4-3-5-16-12/h3-5,7,9-10,13H,6,8H2,1-2H3. The Bertz CT molecular complexity index is 417. The van der Waals surface area contributed by atoms with E-state index in [0.29, 0.717) is 6.04 Å². The topological polar surface area (TPSA) is 29.9 Å². The van der Waals surface area contributed by atoms with Crippen LogP contribution in [0.2, 0.25) is 0 Å². The maximum Gasteiger partial charge on any atom is 0.0534 e. The minimum Gasteiger partial charge on any atom is -0.308 e. The maximum atomic E-state index is 4.31. The average Bonchev–Trinajstić information content (AvgIpc) is 2.87. The zero-order chi connectivity index (χ0) is 11.4. The van der Waals surface area contributed by atoms with Crippen LogP contribution < -0.4 is 5.32 Å². The van der Waals surface area contributed by atoms with Crippen LogP contribution in [0.5, 0.6) is 0 Å². The van der Waals surface area contributed by atoms with Crippen molar-refractivity contribution in [1.82, 2.24) is 15.1 Å². The van der Waals surface area contributed by atoms with Crippen LogP contribution in [0.1, 0.15) is 30.3 Å². The number of rotatable bonds is 5. The van der Waals surface area contributed by atoms with E-state index in [9.17, 15) is 0 Å². The molecule has 0 aliphatic heterocycles. The molecule has 0 saturated carbocycles. The van der Waals surface area contributed by atoms with Gasteiger partial charge in [-0.15, -0.1) is 11.3 Å². The molecule has 2 aromatic rings. The number of hydrogen-bond acceptors (Lipinski definition) is 3. The molecule has 0 atom stereocenters. The van der Waals surface area contributed by atoms with Crippen molar-refractivity contribution in [2.75, 3.05) is 0 Å². The molecule has 0 unspecified atom stereocenters. The average molecular weight is 235 g/mol. The van der Waals surface area contributed by atoms with Gasteiger partial charge in [-0.3, -0.25) is 4.68 Å². The predicted molar refractivity (Wildman–Crippen MR) is 67.5 cm³/mol. The van der Waals surface area contributed by atoms with E-state index in [2.05, 4.69) is 48.0 Å². The van der Waals surface area contributed by atoms with Gasteiger partial charge in [-0.05, 0) is 25.3 Å². The SMILES string of the molecule is CC(C)n1cc(CNCc2cccs2)cn1. The fraction of sp³-hybridized carbons (Fsp3) is 0.417. The Labute approximate surface area is 100 Å². The van der Waals surface area contributed by atoms with Crippen LogP contribution in [-0.2, 0) is 13.1 Å². The van der Waals surface area contributed by atoms with Gasteiger partial charge in [-0.25, -0.2) is 0 Å². The summed E-state index contributed by atoms with van der Waals surface area (Å²) in [6.45, 7) is 6.08. The molecule has 1 N–H and O–H groups in total. The molecular formula is C12H17N3S. The molecule has 2 heterocycles. The summed E-state index contributed by atoms with van der Waals surface area (Å²) in [5, 5.41) is 9.83. The third kappa shape index (κ3) is 2.93. The molecule has 0 spiro atoms. The first-order valence-corrected chi connectivity index (χ1v) is 6.40. The van der Waals surface area contributed by atoms with E-state index in [0.717, 1.165) is 13.1 Å². The highest BCUT2D eigenvalue weighted by molar-refractivity contribution is 7.09. The second-order valence-electron chi connectivity index (χ2n) is 4.11. The molecule has 0 saturated heterocycles. The number of aromatic nitrogens is 2. The molecule has 0 aliphatic rings. The molecule has 2 rings (SSSR count). The van der Waals surface area contributed by atoms with Crippen molar-refractivity contribution in [1.29, 1.82) is 0 Å². The molecule has 0 bridgehead atoms. The van der Waals surface area contributed by atoms with Crippen molar-refractivity contribution in [3.8, 4) is 0 Å². The number of hydrogen-bond donors (Lipinski definition) is 1. The molecule has 16 heavy (non-hydrogen) atoms. The largest absolute Gasteiger partial charge is 0.308 e. The van der Waals surface area contributed by atoms with Crippen molar-refractivity contribution < 1.29 is 0 Å². The summed E-state index contributed by atoms with van der Waals surface area (Å²) in [6.07, 6.45) is 4.04. The van der Waals surface area contributed by atoms with Crippen molar-refractivity contribution in [2.45, 2.75) is 33.0 Å². The molecule has 0 radical (unpaired) electrons. The van der Waals surface area contributed by atoms with Crippen LogP contribution in [0.4, 0.5) is 0 Å². The maximum absolute atomic E-state index is 4.31. The zero-order valence-corrected chi connectivity index (χ0v) is 10.5. The van der Waals surface area contributed by atoms with Gasteiger partial charge in [0, 0.05) is 35.8 Å². The zero-order valence-electron chi connectivity index (χ0n) is 9.68. The summed E-state index contributed by atoms with van der Waals surface area (Å²) in [6, 6.07) is 4.67. The molecular weight excluding hydrogens is 218 g/mol. The number of nitrogens with zero attached hydrogens (tertiary/aromatic N) is 2. The van der Waals surface area contributed by atoms with E-state index >= 15 is 0 Å². The second-order valence-corrected chi connectivity index (χ2v) is 5.14. The van der Waals surface area contributed by atoms with Crippen LogP contribution >= 0.6 is 11.3 Å². The number of nitrogens with one attached hydrogen (secondary N) is 1.